The normalized spacial score (nSPS) is 12.6. The van der Waals surface area contributed by atoms with Gasteiger partial charge in [0.25, 0.3) is 0 Å². The van der Waals surface area contributed by atoms with E-state index in [0.717, 1.165) is 15.1 Å². The van der Waals surface area contributed by atoms with Crippen LogP contribution in [-0.2, 0) is 16.0 Å². The molecule has 0 aliphatic rings. The minimum absolute atomic E-state index is 0.0155. The summed E-state index contributed by atoms with van der Waals surface area (Å²) in [4.78, 5) is 21.0. The first-order chi connectivity index (χ1) is 13.5. The zero-order chi connectivity index (χ0) is 19.7. The van der Waals surface area contributed by atoms with Crippen molar-refractivity contribution in [3.8, 4) is 10.6 Å². The Bertz CT molecular complexity index is 1110. The Morgan fingerprint density at radius 1 is 1.21 bits per heavy atom. The molecule has 0 aliphatic carbocycles. The third kappa shape index (κ3) is 3.67. The zero-order valence-electron chi connectivity index (χ0n) is 14.7. The number of fused-ring (bicyclic) bond motifs is 1. The van der Waals surface area contributed by atoms with Crippen LogP contribution in [0.5, 0.6) is 0 Å². The van der Waals surface area contributed by atoms with E-state index in [1.54, 1.807) is 41.0 Å². The van der Waals surface area contributed by atoms with Gasteiger partial charge >= 0.3 is 12.5 Å². The number of benzene rings is 1. The number of thiazole rings is 1. The second-order valence-corrected chi connectivity index (χ2v) is 7.71. The van der Waals surface area contributed by atoms with Crippen molar-refractivity contribution >= 4 is 39.7 Å². The fourth-order valence-corrected chi connectivity index (χ4v) is 4.43. The van der Waals surface area contributed by atoms with Gasteiger partial charge in [0.1, 0.15) is 5.01 Å². The Morgan fingerprint density at radius 2 is 2.04 bits per heavy atom. The van der Waals surface area contributed by atoms with Crippen LogP contribution < -0.4 is 0 Å². The number of para-hydroxylation sites is 2. The monoisotopic (exact) mass is 419 g/mol. The van der Waals surface area contributed by atoms with Gasteiger partial charge in [0.05, 0.1) is 23.1 Å². The number of hydrogen-bond donors (Lipinski definition) is 0. The van der Waals surface area contributed by atoms with E-state index >= 15 is 0 Å². The summed E-state index contributed by atoms with van der Waals surface area (Å²) < 4.78 is 33.3. The zero-order valence-corrected chi connectivity index (χ0v) is 16.3. The maximum atomic E-state index is 13.5. The number of esters is 1. The minimum atomic E-state index is -2.78. The molecule has 0 bridgehead atoms. The molecule has 1 atom stereocenters. The molecular weight excluding hydrogens is 404 g/mol. The van der Waals surface area contributed by atoms with Gasteiger partial charge < -0.3 is 4.74 Å². The van der Waals surface area contributed by atoms with Gasteiger partial charge in [0.2, 0.25) is 0 Å². The molecule has 1 unspecified atom stereocenters. The largest absolute Gasteiger partial charge is 0.454 e. The van der Waals surface area contributed by atoms with Crippen LogP contribution in [0.1, 0.15) is 31.1 Å². The van der Waals surface area contributed by atoms with Gasteiger partial charge in [0.15, 0.2) is 11.9 Å². The highest BCUT2D eigenvalue weighted by Crippen LogP contribution is 2.29. The Hall–Kier alpha value is -2.65. The molecule has 5 nitrogen and oxygen atoms in total. The highest BCUT2D eigenvalue weighted by atomic mass is 32.1. The second kappa shape index (κ2) is 7.76. The van der Waals surface area contributed by atoms with E-state index in [1.807, 2.05) is 16.8 Å². The van der Waals surface area contributed by atoms with Gasteiger partial charge in [-0.25, -0.2) is 9.97 Å². The molecule has 0 spiro atoms. The number of rotatable bonds is 6. The Balaban J connectivity index is 1.49. The van der Waals surface area contributed by atoms with Gasteiger partial charge in [-0.15, -0.1) is 11.3 Å². The van der Waals surface area contributed by atoms with Crippen LogP contribution in [0.25, 0.3) is 21.6 Å². The van der Waals surface area contributed by atoms with Crippen molar-refractivity contribution < 1.29 is 18.3 Å². The summed E-state index contributed by atoms with van der Waals surface area (Å²) in [6.07, 6.45) is -0.941. The fourth-order valence-electron chi connectivity index (χ4n) is 2.90. The van der Waals surface area contributed by atoms with E-state index in [-0.39, 0.29) is 12.2 Å². The van der Waals surface area contributed by atoms with Crippen LogP contribution in [-0.4, -0.2) is 20.5 Å². The number of carbonyl (C=O) groups excluding carboxylic acids is 1. The lowest BCUT2D eigenvalue weighted by molar-refractivity contribution is -0.148. The first-order valence-corrected chi connectivity index (χ1v) is 10.3. The highest BCUT2D eigenvalue weighted by molar-refractivity contribution is 7.14. The first-order valence-electron chi connectivity index (χ1n) is 8.44. The Morgan fingerprint density at radius 3 is 2.79 bits per heavy atom. The van der Waals surface area contributed by atoms with Crippen LogP contribution in [0.4, 0.5) is 8.78 Å². The van der Waals surface area contributed by atoms with E-state index < -0.39 is 18.6 Å². The Kier molecular flexibility index (Phi) is 5.19. The summed E-state index contributed by atoms with van der Waals surface area (Å²) >= 11 is 3.02. The average Bonchev–Trinajstić information content (AvgIpc) is 3.40. The summed E-state index contributed by atoms with van der Waals surface area (Å²) in [6, 6.07) is 8.55. The van der Waals surface area contributed by atoms with Crippen LogP contribution in [0, 0.1) is 0 Å². The molecule has 0 N–H and O–H groups in total. The van der Waals surface area contributed by atoms with Gasteiger partial charge in [-0.3, -0.25) is 9.36 Å². The van der Waals surface area contributed by atoms with Crippen molar-refractivity contribution in [2.45, 2.75) is 26.0 Å². The van der Waals surface area contributed by atoms with E-state index in [2.05, 4.69) is 9.97 Å². The first kappa shape index (κ1) is 18.7. The molecule has 0 saturated carbocycles. The maximum absolute atomic E-state index is 13.5. The van der Waals surface area contributed by atoms with Gasteiger partial charge in [-0.05, 0) is 30.5 Å². The third-order valence-corrected chi connectivity index (χ3v) is 5.76. The van der Waals surface area contributed by atoms with Gasteiger partial charge in [0, 0.05) is 16.3 Å². The molecule has 4 rings (SSSR count). The number of thiophene rings is 1. The number of ether oxygens (including phenoxy) is 1. The second-order valence-electron chi connectivity index (χ2n) is 6.07. The molecular formula is C19H15F2N3O2S2. The van der Waals surface area contributed by atoms with Crippen molar-refractivity contribution in [2.24, 2.45) is 0 Å². The molecule has 0 amide bonds. The summed E-state index contributed by atoms with van der Waals surface area (Å²) in [5.74, 6) is -0.524. The molecule has 3 aromatic heterocycles. The number of imidazole rings is 1. The SMILES string of the molecule is CC(OC(=O)Cc1csc(-c2ccsc2)n1)c1nc2ccccc2n1C(F)F. The number of nitrogens with zero attached hydrogens (tertiary/aromatic N) is 3. The van der Waals surface area contributed by atoms with Crippen molar-refractivity contribution in [3.05, 3.63) is 58.0 Å². The maximum Gasteiger partial charge on any atom is 0.320 e. The topological polar surface area (TPSA) is 57.0 Å². The molecule has 28 heavy (non-hydrogen) atoms. The van der Waals surface area contributed by atoms with Crippen LogP contribution in [0.15, 0.2) is 46.5 Å². The number of halogens is 2. The van der Waals surface area contributed by atoms with E-state index in [4.69, 9.17) is 4.74 Å². The molecule has 3 heterocycles. The summed E-state index contributed by atoms with van der Waals surface area (Å²) in [5, 5.41) is 6.57. The number of hydrogen-bond acceptors (Lipinski definition) is 6. The van der Waals surface area contributed by atoms with Crippen LogP contribution in [0.3, 0.4) is 0 Å². The molecule has 0 saturated heterocycles. The minimum Gasteiger partial charge on any atom is -0.454 e. The van der Waals surface area contributed by atoms with Gasteiger partial charge in [-0.2, -0.15) is 20.1 Å². The summed E-state index contributed by atoms with van der Waals surface area (Å²) in [5.41, 5.74) is 2.33. The number of carbonyl (C=O) groups is 1. The molecule has 9 heteroatoms. The summed E-state index contributed by atoms with van der Waals surface area (Å²) in [7, 11) is 0. The highest BCUT2D eigenvalue weighted by Gasteiger charge is 2.24. The molecule has 0 fully saturated rings. The van der Waals surface area contributed by atoms with E-state index in [1.165, 1.54) is 18.3 Å². The molecule has 0 radical (unpaired) electrons. The smallest absolute Gasteiger partial charge is 0.320 e. The summed E-state index contributed by atoms with van der Waals surface area (Å²) in [6.45, 7) is -1.24. The lowest BCUT2D eigenvalue weighted by Crippen LogP contribution is -2.16. The van der Waals surface area contributed by atoms with Gasteiger partial charge in [-0.1, -0.05) is 12.1 Å². The average molecular weight is 419 g/mol. The van der Waals surface area contributed by atoms with Crippen molar-refractivity contribution in [3.63, 3.8) is 0 Å². The van der Waals surface area contributed by atoms with E-state index in [9.17, 15) is 13.6 Å². The lowest BCUT2D eigenvalue weighted by atomic mass is 10.3. The predicted molar refractivity (Wildman–Crippen MR) is 105 cm³/mol. The number of aromatic nitrogens is 3. The quantitative estimate of drug-likeness (QED) is 0.389. The van der Waals surface area contributed by atoms with Crippen LogP contribution >= 0.6 is 22.7 Å². The lowest BCUT2D eigenvalue weighted by Gasteiger charge is -2.14. The third-order valence-electron chi connectivity index (χ3n) is 4.14. The molecule has 0 aliphatic heterocycles. The standard InChI is InChI=1S/C19H15F2N3O2S2/c1-11(17-23-14-4-2-3-5-15(14)24(17)19(20)21)26-16(25)8-13-10-28-18(22-13)12-6-7-27-9-12/h2-7,9-11,19H,8H2,1H3. The molecule has 1 aromatic carbocycles. The van der Waals surface area contributed by atoms with E-state index in [0.29, 0.717) is 16.7 Å². The molecule has 4 aromatic rings. The number of alkyl halides is 2. The van der Waals surface area contributed by atoms with Crippen molar-refractivity contribution in [1.29, 1.82) is 0 Å². The van der Waals surface area contributed by atoms with Crippen molar-refractivity contribution in [1.82, 2.24) is 14.5 Å². The fraction of sp³-hybridized carbons (Fsp3) is 0.211. The molecule has 144 valence electrons. The van der Waals surface area contributed by atoms with Crippen LogP contribution in [0.2, 0.25) is 0 Å². The predicted octanol–water partition coefficient (Wildman–Crippen LogP) is 5.46. The van der Waals surface area contributed by atoms with Crippen molar-refractivity contribution in [2.75, 3.05) is 0 Å². The Labute approximate surface area is 167 Å².